The first-order valence-corrected chi connectivity index (χ1v) is 11.2. The fraction of sp³-hybridized carbons (Fsp3) is 0.360. The summed E-state index contributed by atoms with van der Waals surface area (Å²) in [6, 6.07) is 12.0. The minimum absolute atomic E-state index is 0.0321. The van der Waals surface area contributed by atoms with Gasteiger partial charge in [-0.15, -0.1) is 0 Å². The minimum atomic E-state index is -0.679. The maximum atomic E-state index is 14.2. The number of fused-ring (bicyclic) bond motifs is 1. The van der Waals surface area contributed by atoms with Crippen LogP contribution >= 0.6 is 0 Å². The third kappa shape index (κ3) is 5.98. The molecule has 0 aliphatic carbocycles. The number of nitrogens with zero attached hydrogens (tertiary/aromatic N) is 3. The zero-order chi connectivity index (χ0) is 24.8. The molecule has 2 aromatic carbocycles. The summed E-state index contributed by atoms with van der Waals surface area (Å²) in [5, 5.41) is 7.49. The van der Waals surface area contributed by atoms with E-state index in [9.17, 15) is 18.8 Å². The summed E-state index contributed by atoms with van der Waals surface area (Å²) in [5.41, 5.74) is 7.03. The summed E-state index contributed by atoms with van der Waals surface area (Å²) in [7, 11) is 0. The Balaban J connectivity index is 1.73. The molecule has 0 saturated heterocycles. The number of para-hydroxylation sites is 1. The number of nitrogens with one attached hydrogen (secondary N) is 1. The molecule has 1 aromatic heterocycles. The molecule has 180 valence electrons. The normalized spacial score (nSPS) is 11.1. The molecule has 0 fully saturated rings. The molecule has 3 N–H and O–H groups in total. The Bertz CT molecular complexity index is 1200. The molecule has 0 aliphatic heterocycles. The predicted octanol–water partition coefficient (Wildman–Crippen LogP) is 2.77. The van der Waals surface area contributed by atoms with Crippen LogP contribution in [0.2, 0.25) is 0 Å². The van der Waals surface area contributed by atoms with Gasteiger partial charge in [0.25, 0.3) is 5.91 Å². The van der Waals surface area contributed by atoms with Crippen molar-refractivity contribution in [3.05, 3.63) is 65.1 Å². The van der Waals surface area contributed by atoms with E-state index in [0.29, 0.717) is 40.9 Å². The van der Waals surface area contributed by atoms with Crippen molar-refractivity contribution in [2.45, 2.75) is 40.3 Å². The van der Waals surface area contributed by atoms with Crippen molar-refractivity contribution in [3.8, 4) is 0 Å². The van der Waals surface area contributed by atoms with E-state index in [1.54, 1.807) is 49.4 Å². The highest BCUT2D eigenvalue weighted by Crippen LogP contribution is 2.18. The number of primary amides is 1. The smallest absolute Gasteiger partial charge is 0.269 e. The molecule has 0 unspecified atom stereocenters. The largest absolute Gasteiger partial charge is 0.364 e. The van der Waals surface area contributed by atoms with Gasteiger partial charge in [-0.3, -0.25) is 19.1 Å². The van der Waals surface area contributed by atoms with Gasteiger partial charge in [-0.1, -0.05) is 50.2 Å². The Morgan fingerprint density at radius 1 is 1.15 bits per heavy atom. The van der Waals surface area contributed by atoms with Crippen molar-refractivity contribution < 1.29 is 18.8 Å². The number of carbonyl (C=O) groups is 3. The van der Waals surface area contributed by atoms with Gasteiger partial charge in [-0.2, -0.15) is 5.10 Å². The molecule has 0 atom stereocenters. The summed E-state index contributed by atoms with van der Waals surface area (Å²) >= 11 is 0. The van der Waals surface area contributed by atoms with Crippen LogP contribution in [0.1, 0.15) is 41.9 Å². The number of aromatic nitrogens is 2. The van der Waals surface area contributed by atoms with Gasteiger partial charge < -0.3 is 16.0 Å². The van der Waals surface area contributed by atoms with Gasteiger partial charge in [0.1, 0.15) is 12.4 Å². The number of halogens is 1. The van der Waals surface area contributed by atoms with Crippen LogP contribution < -0.4 is 11.1 Å². The monoisotopic (exact) mass is 467 g/mol. The van der Waals surface area contributed by atoms with E-state index in [1.165, 1.54) is 9.58 Å². The molecule has 3 aromatic rings. The highest BCUT2D eigenvalue weighted by atomic mass is 19.1. The number of aryl methyl sites for hydroxylation is 1. The lowest BCUT2D eigenvalue weighted by molar-refractivity contribution is -0.136. The Kier molecular flexibility index (Phi) is 7.99. The van der Waals surface area contributed by atoms with Crippen LogP contribution in [0.4, 0.5) is 4.39 Å². The van der Waals surface area contributed by atoms with Crippen LogP contribution in [-0.2, 0) is 22.7 Å². The number of hydrogen-bond acceptors (Lipinski definition) is 4. The van der Waals surface area contributed by atoms with E-state index in [2.05, 4.69) is 10.4 Å². The lowest BCUT2D eigenvalue weighted by Gasteiger charge is -2.23. The Morgan fingerprint density at radius 2 is 1.88 bits per heavy atom. The Hall–Kier alpha value is -3.75. The van der Waals surface area contributed by atoms with Crippen molar-refractivity contribution in [3.63, 3.8) is 0 Å². The number of benzene rings is 2. The summed E-state index contributed by atoms with van der Waals surface area (Å²) < 4.78 is 15.7. The second-order valence-corrected chi connectivity index (χ2v) is 8.71. The first-order valence-electron chi connectivity index (χ1n) is 11.2. The number of carbonyl (C=O) groups excluding carboxylic acids is 3. The van der Waals surface area contributed by atoms with Gasteiger partial charge in [0.2, 0.25) is 11.8 Å². The molecular weight excluding hydrogens is 437 g/mol. The minimum Gasteiger partial charge on any atom is -0.364 e. The Labute approximate surface area is 197 Å². The van der Waals surface area contributed by atoms with E-state index in [4.69, 9.17) is 5.73 Å². The molecule has 0 bridgehead atoms. The molecule has 9 heteroatoms. The maximum Gasteiger partial charge on any atom is 0.269 e. The van der Waals surface area contributed by atoms with E-state index in [0.717, 1.165) is 0 Å². The Morgan fingerprint density at radius 3 is 2.59 bits per heavy atom. The summed E-state index contributed by atoms with van der Waals surface area (Å²) in [4.78, 5) is 39.0. The van der Waals surface area contributed by atoms with Crippen molar-refractivity contribution in [1.29, 1.82) is 0 Å². The highest BCUT2D eigenvalue weighted by molar-refractivity contribution is 6.04. The summed E-state index contributed by atoms with van der Waals surface area (Å²) in [6.07, 6.45) is 0.706. The van der Waals surface area contributed by atoms with E-state index in [1.807, 2.05) is 13.8 Å². The van der Waals surface area contributed by atoms with E-state index >= 15 is 0 Å². The number of amides is 3. The highest BCUT2D eigenvalue weighted by Gasteiger charge is 2.21. The molecule has 1 heterocycles. The fourth-order valence-electron chi connectivity index (χ4n) is 3.63. The number of nitrogens with two attached hydrogens (primary N) is 1. The lowest BCUT2D eigenvalue weighted by atomic mass is 10.1. The molecule has 3 rings (SSSR count). The van der Waals surface area contributed by atoms with Crippen molar-refractivity contribution in [2.24, 2.45) is 11.7 Å². The molecular formula is C25H30FN5O3. The van der Waals surface area contributed by atoms with Crippen LogP contribution in [0.5, 0.6) is 0 Å². The zero-order valence-corrected chi connectivity index (χ0v) is 19.7. The van der Waals surface area contributed by atoms with Crippen molar-refractivity contribution in [2.75, 3.05) is 13.1 Å². The summed E-state index contributed by atoms with van der Waals surface area (Å²) in [5.74, 6) is -1.41. The van der Waals surface area contributed by atoms with E-state index in [-0.39, 0.29) is 43.0 Å². The number of rotatable bonds is 10. The molecule has 0 saturated carbocycles. The lowest BCUT2D eigenvalue weighted by Crippen LogP contribution is -2.43. The first kappa shape index (κ1) is 24.9. The van der Waals surface area contributed by atoms with Gasteiger partial charge in [-0.05, 0) is 30.9 Å². The van der Waals surface area contributed by atoms with Crippen LogP contribution in [0.15, 0.2) is 42.5 Å². The molecule has 8 nitrogen and oxygen atoms in total. The second kappa shape index (κ2) is 10.9. The quantitative estimate of drug-likeness (QED) is 0.478. The average Bonchev–Trinajstić information content (AvgIpc) is 3.16. The van der Waals surface area contributed by atoms with E-state index < -0.39 is 5.91 Å². The van der Waals surface area contributed by atoms with Crippen LogP contribution in [-0.4, -0.2) is 45.5 Å². The third-order valence-electron chi connectivity index (χ3n) is 5.59. The third-order valence-corrected chi connectivity index (χ3v) is 5.59. The van der Waals surface area contributed by atoms with Crippen LogP contribution in [0.25, 0.3) is 10.9 Å². The molecule has 0 aliphatic rings. The standard InChI is InChI=1S/C25H30FN5O3/c1-16(2)11-12-30(14-21(32)28-13-18-8-6-7-17(3)23(18)26)22(33)15-31-20-10-5-4-9-19(20)24(29-31)25(27)34/h4-10,16H,11-15H2,1-3H3,(H2,27,34)(H,28,32). The van der Waals surface area contributed by atoms with Crippen LogP contribution in [0, 0.1) is 18.7 Å². The van der Waals surface area contributed by atoms with Crippen molar-refractivity contribution in [1.82, 2.24) is 20.0 Å². The second-order valence-electron chi connectivity index (χ2n) is 8.71. The van der Waals surface area contributed by atoms with Gasteiger partial charge in [0.15, 0.2) is 5.69 Å². The van der Waals surface area contributed by atoms with Gasteiger partial charge in [0, 0.05) is 24.0 Å². The van der Waals surface area contributed by atoms with Gasteiger partial charge in [0.05, 0.1) is 12.1 Å². The van der Waals surface area contributed by atoms with Gasteiger partial charge >= 0.3 is 0 Å². The van der Waals surface area contributed by atoms with Crippen LogP contribution in [0.3, 0.4) is 0 Å². The topological polar surface area (TPSA) is 110 Å². The molecule has 3 amide bonds. The maximum absolute atomic E-state index is 14.2. The number of hydrogen-bond donors (Lipinski definition) is 2. The fourth-order valence-corrected chi connectivity index (χ4v) is 3.63. The predicted molar refractivity (Wildman–Crippen MR) is 127 cm³/mol. The van der Waals surface area contributed by atoms with Gasteiger partial charge in [-0.25, -0.2) is 4.39 Å². The first-order chi connectivity index (χ1) is 16.2. The summed E-state index contributed by atoms with van der Waals surface area (Å²) in [6.45, 7) is 5.82. The average molecular weight is 468 g/mol. The molecule has 34 heavy (non-hydrogen) atoms. The SMILES string of the molecule is Cc1cccc(CNC(=O)CN(CCC(C)C)C(=O)Cn2nc(C(N)=O)c3ccccc32)c1F. The zero-order valence-electron chi connectivity index (χ0n) is 19.7. The molecule has 0 spiro atoms. The molecule has 0 radical (unpaired) electrons. The van der Waals surface area contributed by atoms with Crippen molar-refractivity contribution >= 4 is 28.6 Å².